The molecule has 11 heteroatoms. The summed E-state index contributed by atoms with van der Waals surface area (Å²) in [6, 6.07) is 2.75. The van der Waals surface area contributed by atoms with Crippen LogP contribution in [0.25, 0.3) is 0 Å². The molecule has 34 heavy (non-hydrogen) atoms. The Hall–Kier alpha value is -2.34. The van der Waals surface area contributed by atoms with Gasteiger partial charge in [0.15, 0.2) is 0 Å². The van der Waals surface area contributed by atoms with E-state index in [4.69, 9.17) is 9.47 Å². The highest BCUT2D eigenvalue weighted by Gasteiger charge is 2.41. The number of amides is 2. The number of aliphatic hydroxyl groups is 2. The fourth-order valence-corrected chi connectivity index (χ4v) is 4.54. The van der Waals surface area contributed by atoms with Crippen molar-refractivity contribution >= 4 is 11.8 Å². The van der Waals surface area contributed by atoms with Gasteiger partial charge in [-0.2, -0.15) is 0 Å². The summed E-state index contributed by atoms with van der Waals surface area (Å²) in [5.74, 6) is -2.04. The lowest BCUT2D eigenvalue weighted by molar-refractivity contribution is -0.139. The largest absolute Gasteiger partial charge is 0.490 e. The number of carbonyl (C=O) groups excluding carboxylic acids is 2. The zero-order chi connectivity index (χ0) is 24.9. The van der Waals surface area contributed by atoms with Gasteiger partial charge in [-0.05, 0) is 12.8 Å². The van der Waals surface area contributed by atoms with Crippen LogP contribution >= 0.6 is 0 Å². The van der Waals surface area contributed by atoms with Crippen LogP contribution in [0.15, 0.2) is 18.2 Å². The third-order valence-electron chi connectivity index (χ3n) is 6.31. The topological polar surface area (TPSA) is 103 Å². The summed E-state index contributed by atoms with van der Waals surface area (Å²) in [6.07, 6.45) is 0.791. The molecule has 1 aromatic carbocycles. The minimum Gasteiger partial charge on any atom is -0.490 e. The second kappa shape index (κ2) is 10.9. The minimum atomic E-state index is -1.57. The van der Waals surface area contributed by atoms with Gasteiger partial charge >= 0.3 is 0 Å². The van der Waals surface area contributed by atoms with E-state index in [1.54, 1.807) is 4.90 Å². The molecule has 1 aromatic rings. The second-order valence-electron chi connectivity index (χ2n) is 9.31. The average Bonchev–Trinajstić information content (AvgIpc) is 2.91. The van der Waals surface area contributed by atoms with Gasteiger partial charge < -0.3 is 29.5 Å². The molecule has 1 atom stereocenters. The first-order chi connectivity index (χ1) is 16.0. The van der Waals surface area contributed by atoms with Crippen molar-refractivity contribution in [2.24, 2.45) is 0 Å². The number of carbonyl (C=O) groups is 2. The number of methoxy groups -OCH3 is 1. The van der Waals surface area contributed by atoms with Crippen molar-refractivity contribution in [3.63, 3.8) is 0 Å². The van der Waals surface area contributed by atoms with Gasteiger partial charge in [0.25, 0.3) is 0 Å². The summed E-state index contributed by atoms with van der Waals surface area (Å²) in [4.78, 5) is 29.1. The lowest BCUT2D eigenvalue weighted by Crippen LogP contribution is -2.56. The molecule has 2 amide bonds. The fraction of sp³-hybridized carbons (Fsp3) is 0.652. The van der Waals surface area contributed by atoms with Crippen molar-refractivity contribution in [1.82, 2.24) is 14.7 Å². The molecule has 2 fully saturated rings. The van der Waals surface area contributed by atoms with Crippen LogP contribution in [-0.2, 0) is 14.3 Å². The van der Waals surface area contributed by atoms with Crippen molar-refractivity contribution in [3.8, 4) is 5.75 Å². The first-order valence-electron chi connectivity index (χ1n) is 11.3. The Bertz CT molecular complexity index is 860. The van der Waals surface area contributed by atoms with E-state index in [1.165, 1.54) is 18.9 Å². The molecule has 0 saturated carbocycles. The number of hydrogen-bond donors (Lipinski definition) is 2. The molecule has 0 unspecified atom stereocenters. The normalized spacial score (nSPS) is 23.5. The van der Waals surface area contributed by atoms with Crippen molar-refractivity contribution in [1.29, 1.82) is 0 Å². The highest BCUT2D eigenvalue weighted by Crippen LogP contribution is 2.26. The summed E-state index contributed by atoms with van der Waals surface area (Å²) in [5.41, 5.74) is -2.62. The summed E-state index contributed by atoms with van der Waals surface area (Å²) in [6.45, 7) is 2.83. The van der Waals surface area contributed by atoms with E-state index >= 15 is 0 Å². The third-order valence-corrected chi connectivity index (χ3v) is 6.31. The standard InChI is InChI=1S/C23H33F2N3O6/c1-17(29)27-5-3-22(31,4-6-27)13-26-7-8-28(21(30)12-33-2)15-23(32,14-26)16-34-20-10-18(24)9-19(25)11-20/h9-11,31-32H,3-8,12-16H2,1-2H3/t23-/m1/s1. The first kappa shape index (κ1) is 26.3. The second-order valence-corrected chi connectivity index (χ2v) is 9.31. The Labute approximate surface area is 197 Å². The van der Waals surface area contributed by atoms with Gasteiger partial charge in [-0.1, -0.05) is 0 Å². The van der Waals surface area contributed by atoms with Gasteiger partial charge in [-0.25, -0.2) is 8.78 Å². The molecule has 0 bridgehead atoms. The third kappa shape index (κ3) is 7.08. The molecule has 2 heterocycles. The zero-order valence-electron chi connectivity index (χ0n) is 19.6. The van der Waals surface area contributed by atoms with Crippen LogP contribution in [0.2, 0.25) is 0 Å². The molecular weight excluding hydrogens is 452 g/mol. The maximum absolute atomic E-state index is 13.5. The van der Waals surface area contributed by atoms with Crippen molar-refractivity contribution in [2.75, 3.05) is 66.1 Å². The monoisotopic (exact) mass is 485 g/mol. The van der Waals surface area contributed by atoms with Crippen LogP contribution in [-0.4, -0.2) is 114 Å². The van der Waals surface area contributed by atoms with Gasteiger partial charge in [0.1, 0.15) is 36.2 Å². The number of benzene rings is 1. The number of ether oxygens (including phenoxy) is 2. The molecule has 2 saturated heterocycles. The molecule has 2 N–H and O–H groups in total. The number of likely N-dealkylation sites (tertiary alicyclic amines) is 1. The highest BCUT2D eigenvalue weighted by atomic mass is 19.1. The summed E-state index contributed by atoms with van der Waals surface area (Å²) in [7, 11) is 1.40. The number of rotatable bonds is 7. The summed E-state index contributed by atoms with van der Waals surface area (Å²) < 4.78 is 37.5. The number of halogens is 2. The van der Waals surface area contributed by atoms with Crippen LogP contribution in [0.4, 0.5) is 8.78 Å². The maximum Gasteiger partial charge on any atom is 0.248 e. The number of nitrogens with zero attached hydrogens (tertiary/aromatic N) is 3. The molecule has 2 aliphatic heterocycles. The lowest BCUT2D eigenvalue weighted by Gasteiger charge is -2.41. The molecular formula is C23H33F2N3O6. The Morgan fingerprint density at radius 2 is 1.62 bits per heavy atom. The van der Waals surface area contributed by atoms with E-state index in [-0.39, 0.29) is 50.4 Å². The highest BCUT2D eigenvalue weighted by molar-refractivity contribution is 5.77. The smallest absolute Gasteiger partial charge is 0.248 e. The van der Waals surface area contributed by atoms with Gasteiger partial charge in [0, 0.05) is 71.5 Å². The molecule has 0 aromatic heterocycles. The molecule has 3 rings (SSSR count). The van der Waals surface area contributed by atoms with Crippen LogP contribution in [0.5, 0.6) is 5.75 Å². The van der Waals surface area contributed by atoms with Crippen LogP contribution in [0.1, 0.15) is 19.8 Å². The van der Waals surface area contributed by atoms with Crippen molar-refractivity contribution < 1.29 is 38.1 Å². The molecule has 0 aliphatic carbocycles. The molecule has 9 nitrogen and oxygen atoms in total. The number of β-amino-alcohol motifs (C(OH)–C–C–N with tert-alkyl or cyclic N) is 2. The average molecular weight is 486 g/mol. The van der Waals surface area contributed by atoms with Crippen LogP contribution < -0.4 is 4.74 Å². The minimum absolute atomic E-state index is 0.0376. The van der Waals surface area contributed by atoms with E-state index < -0.39 is 22.8 Å². The zero-order valence-corrected chi connectivity index (χ0v) is 19.6. The van der Waals surface area contributed by atoms with E-state index in [0.29, 0.717) is 39.0 Å². The Morgan fingerprint density at radius 1 is 0.971 bits per heavy atom. The number of hydrogen-bond acceptors (Lipinski definition) is 7. The Morgan fingerprint density at radius 3 is 2.21 bits per heavy atom. The summed E-state index contributed by atoms with van der Waals surface area (Å²) in [5, 5.41) is 22.6. The Balaban J connectivity index is 1.73. The SMILES string of the molecule is COCC(=O)N1CCN(CC2(O)CCN(C(C)=O)CC2)C[C@](O)(COc2cc(F)cc(F)c2)C1. The van der Waals surface area contributed by atoms with Crippen molar-refractivity contribution in [2.45, 2.75) is 31.0 Å². The molecule has 0 spiro atoms. The van der Waals surface area contributed by atoms with Crippen molar-refractivity contribution in [3.05, 3.63) is 29.8 Å². The first-order valence-corrected chi connectivity index (χ1v) is 11.3. The fourth-order valence-electron chi connectivity index (χ4n) is 4.54. The lowest BCUT2D eigenvalue weighted by atomic mass is 9.90. The van der Waals surface area contributed by atoms with Gasteiger partial charge in [-0.3, -0.25) is 14.5 Å². The maximum atomic E-state index is 13.5. The summed E-state index contributed by atoms with van der Waals surface area (Å²) >= 11 is 0. The predicted octanol–water partition coefficient (Wildman–Crippen LogP) is 0.239. The molecule has 190 valence electrons. The molecule has 2 aliphatic rings. The number of piperidine rings is 1. The van der Waals surface area contributed by atoms with Crippen LogP contribution in [0.3, 0.4) is 0 Å². The molecule has 0 radical (unpaired) electrons. The Kier molecular flexibility index (Phi) is 8.45. The quantitative estimate of drug-likeness (QED) is 0.570. The van der Waals surface area contributed by atoms with E-state index in [1.807, 2.05) is 4.90 Å². The van der Waals surface area contributed by atoms with Crippen LogP contribution in [0, 0.1) is 11.6 Å². The predicted molar refractivity (Wildman–Crippen MR) is 118 cm³/mol. The van der Waals surface area contributed by atoms with Gasteiger partial charge in [-0.15, -0.1) is 0 Å². The van der Waals surface area contributed by atoms with E-state index in [2.05, 4.69) is 0 Å². The van der Waals surface area contributed by atoms with Gasteiger partial charge in [0.2, 0.25) is 11.8 Å². The van der Waals surface area contributed by atoms with Gasteiger partial charge in [0.05, 0.1) is 12.1 Å². The van der Waals surface area contributed by atoms with E-state index in [0.717, 1.165) is 18.2 Å². The van der Waals surface area contributed by atoms with E-state index in [9.17, 15) is 28.6 Å².